The summed E-state index contributed by atoms with van der Waals surface area (Å²) >= 11 is 0. The zero-order chi connectivity index (χ0) is 11.1. The SMILES string of the molecule is CCCOCCOc1ccc(N)c(C)n1. The Morgan fingerprint density at radius 1 is 1.27 bits per heavy atom. The second-order valence-corrected chi connectivity index (χ2v) is 3.28. The van der Waals surface area contributed by atoms with Crippen molar-refractivity contribution in [3.8, 4) is 5.88 Å². The highest BCUT2D eigenvalue weighted by Crippen LogP contribution is 2.13. The van der Waals surface area contributed by atoms with Crippen LogP contribution in [0.1, 0.15) is 19.0 Å². The van der Waals surface area contributed by atoms with Crippen molar-refractivity contribution in [1.29, 1.82) is 0 Å². The number of ether oxygens (including phenoxy) is 2. The third-order valence-corrected chi connectivity index (χ3v) is 1.93. The molecule has 0 amide bonds. The summed E-state index contributed by atoms with van der Waals surface area (Å²) in [5, 5.41) is 0. The predicted molar refractivity (Wildman–Crippen MR) is 60.0 cm³/mol. The first-order valence-corrected chi connectivity index (χ1v) is 5.17. The van der Waals surface area contributed by atoms with E-state index < -0.39 is 0 Å². The fourth-order valence-corrected chi connectivity index (χ4v) is 1.08. The van der Waals surface area contributed by atoms with E-state index in [-0.39, 0.29) is 0 Å². The van der Waals surface area contributed by atoms with E-state index in [1.54, 1.807) is 12.1 Å². The van der Waals surface area contributed by atoms with Crippen molar-refractivity contribution in [3.63, 3.8) is 0 Å². The Kier molecular flexibility index (Phi) is 4.90. The Morgan fingerprint density at radius 2 is 2.07 bits per heavy atom. The van der Waals surface area contributed by atoms with Crippen LogP contribution in [-0.4, -0.2) is 24.8 Å². The molecule has 0 radical (unpaired) electrons. The zero-order valence-corrected chi connectivity index (χ0v) is 9.32. The quantitative estimate of drug-likeness (QED) is 0.727. The summed E-state index contributed by atoms with van der Waals surface area (Å²) < 4.78 is 10.7. The number of nitrogen functional groups attached to an aromatic ring is 1. The highest BCUT2D eigenvalue weighted by atomic mass is 16.5. The van der Waals surface area contributed by atoms with Gasteiger partial charge in [-0.2, -0.15) is 0 Å². The van der Waals surface area contributed by atoms with Gasteiger partial charge < -0.3 is 15.2 Å². The van der Waals surface area contributed by atoms with E-state index in [1.165, 1.54) is 0 Å². The van der Waals surface area contributed by atoms with Crippen molar-refractivity contribution in [1.82, 2.24) is 4.98 Å². The number of pyridine rings is 1. The summed E-state index contributed by atoms with van der Waals surface area (Å²) in [4.78, 5) is 4.19. The van der Waals surface area contributed by atoms with Crippen LogP contribution in [0.3, 0.4) is 0 Å². The number of aromatic nitrogens is 1. The lowest BCUT2D eigenvalue weighted by atomic mass is 10.3. The molecule has 1 rings (SSSR count). The molecule has 2 N–H and O–H groups in total. The van der Waals surface area contributed by atoms with Gasteiger partial charge in [0.15, 0.2) is 0 Å². The lowest BCUT2D eigenvalue weighted by Crippen LogP contribution is -2.08. The third-order valence-electron chi connectivity index (χ3n) is 1.93. The summed E-state index contributed by atoms with van der Waals surface area (Å²) in [6.07, 6.45) is 1.03. The van der Waals surface area contributed by atoms with Crippen LogP contribution < -0.4 is 10.5 Å². The molecule has 15 heavy (non-hydrogen) atoms. The number of hydrogen-bond acceptors (Lipinski definition) is 4. The fourth-order valence-electron chi connectivity index (χ4n) is 1.08. The molecule has 1 aromatic rings. The number of anilines is 1. The first-order valence-electron chi connectivity index (χ1n) is 5.17. The topological polar surface area (TPSA) is 57.4 Å². The van der Waals surface area contributed by atoms with Crippen molar-refractivity contribution >= 4 is 5.69 Å². The third kappa shape index (κ3) is 4.16. The largest absolute Gasteiger partial charge is 0.475 e. The minimum Gasteiger partial charge on any atom is -0.475 e. The molecule has 0 aliphatic carbocycles. The van der Waals surface area contributed by atoms with Gasteiger partial charge in [-0.05, 0) is 19.4 Å². The van der Waals surface area contributed by atoms with Crippen molar-refractivity contribution in [3.05, 3.63) is 17.8 Å². The normalized spacial score (nSPS) is 10.3. The fraction of sp³-hybridized carbons (Fsp3) is 0.545. The molecule has 0 fully saturated rings. The van der Waals surface area contributed by atoms with Gasteiger partial charge in [0.1, 0.15) is 6.61 Å². The van der Waals surface area contributed by atoms with E-state index in [4.69, 9.17) is 15.2 Å². The summed E-state index contributed by atoms with van der Waals surface area (Å²) in [5.41, 5.74) is 7.12. The van der Waals surface area contributed by atoms with E-state index in [0.29, 0.717) is 24.8 Å². The van der Waals surface area contributed by atoms with E-state index in [9.17, 15) is 0 Å². The average Bonchev–Trinajstić information content (AvgIpc) is 2.23. The van der Waals surface area contributed by atoms with E-state index in [1.807, 2.05) is 6.92 Å². The second-order valence-electron chi connectivity index (χ2n) is 3.28. The molecule has 0 atom stereocenters. The standard InChI is InChI=1S/C11H18N2O2/c1-3-6-14-7-8-15-11-5-4-10(12)9(2)13-11/h4-5H,3,6-8,12H2,1-2H3. The summed E-state index contributed by atoms with van der Waals surface area (Å²) in [5.74, 6) is 0.599. The van der Waals surface area contributed by atoms with Gasteiger partial charge in [0.2, 0.25) is 5.88 Å². The van der Waals surface area contributed by atoms with Gasteiger partial charge in [0, 0.05) is 12.7 Å². The van der Waals surface area contributed by atoms with Gasteiger partial charge in [-0.1, -0.05) is 6.92 Å². The molecule has 0 aromatic carbocycles. The maximum Gasteiger partial charge on any atom is 0.213 e. The van der Waals surface area contributed by atoms with Gasteiger partial charge in [0.05, 0.1) is 18.0 Å². The smallest absolute Gasteiger partial charge is 0.213 e. The molecular weight excluding hydrogens is 192 g/mol. The van der Waals surface area contributed by atoms with Gasteiger partial charge in [-0.15, -0.1) is 0 Å². The molecule has 4 heteroatoms. The van der Waals surface area contributed by atoms with Crippen LogP contribution in [0, 0.1) is 6.92 Å². The van der Waals surface area contributed by atoms with Crippen molar-refractivity contribution in [2.45, 2.75) is 20.3 Å². The monoisotopic (exact) mass is 210 g/mol. The Labute approximate surface area is 90.4 Å². The first kappa shape index (κ1) is 11.8. The average molecular weight is 210 g/mol. The zero-order valence-electron chi connectivity index (χ0n) is 9.32. The van der Waals surface area contributed by atoms with Crippen LogP contribution in [0.25, 0.3) is 0 Å². The Bertz CT molecular complexity index is 303. The highest BCUT2D eigenvalue weighted by molar-refractivity contribution is 5.43. The molecule has 0 bridgehead atoms. The van der Waals surface area contributed by atoms with E-state index >= 15 is 0 Å². The summed E-state index contributed by atoms with van der Waals surface area (Å²) in [6, 6.07) is 3.56. The molecule has 0 aliphatic heterocycles. The van der Waals surface area contributed by atoms with Crippen LogP contribution in [-0.2, 0) is 4.74 Å². The molecular formula is C11H18N2O2. The molecule has 84 valence electrons. The molecule has 1 heterocycles. The lowest BCUT2D eigenvalue weighted by Gasteiger charge is -2.07. The number of hydrogen-bond donors (Lipinski definition) is 1. The highest BCUT2D eigenvalue weighted by Gasteiger charge is 1.98. The minimum absolute atomic E-state index is 0.524. The van der Waals surface area contributed by atoms with Crippen molar-refractivity contribution in [2.24, 2.45) is 0 Å². The van der Waals surface area contributed by atoms with Crippen LogP contribution in [0.5, 0.6) is 5.88 Å². The van der Waals surface area contributed by atoms with Crippen molar-refractivity contribution in [2.75, 3.05) is 25.6 Å². The summed E-state index contributed by atoms with van der Waals surface area (Å²) in [6.45, 7) is 5.83. The van der Waals surface area contributed by atoms with Gasteiger partial charge in [0.25, 0.3) is 0 Å². The maximum absolute atomic E-state index is 5.64. The number of aryl methyl sites for hydroxylation is 1. The summed E-state index contributed by atoms with van der Waals surface area (Å²) in [7, 11) is 0. The van der Waals surface area contributed by atoms with E-state index in [2.05, 4.69) is 11.9 Å². The maximum atomic E-state index is 5.64. The number of nitrogens with zero attached hydrogens (tertiary/aromatic N) is 1. The van der Waals surface area contributed by atoms with Crippen LogP contribution >= 0.6 is 0 Å². The number of nitrogens with two attached hydrogens (primary N) is 1. The Hall–Kier alpha value is -1.29. The van der Waals surface area contributed by atoms with Gasteiger partial charge in [-0.3, -0.25) is 0 Å². The van der Waals surface area contributed by atoms with Gasteiger partial charge in [-0.25, -0.2) is 4.98 Å². The van der Waals surface area contributed by atoms with Gasteiger partial charge >= 0.3 is 0 Å². The first-order chi connectivity index (χ1) is 7.24. The van der Waals surface area contributed by atoms with Crippen LogP contribution in [0.4, 0.5) is 5.69 Å². The predicted octanol–water partition coefficient (Wildman–Crippen LogP) is 1.78. The lowest BCUT2D eigenvalue weighted by molar-refractivity contribution is 0.0990. The number of rotatable bonds is 6. The Balaban J connectivity index is 2.28. The van der Waals surface area contributed by atoms with Crippen molar-refractivity contribution < 1.29 is 9.47 Å². The second kappa shape index (κ2) is 6.24. The minimum atomic E-state index is 0.524. The Morgan fingerprint density at radius 3 is 2.73 bits per heavy atom. The van der Waals surface area contributed by atoms with Crippen LogP contribution in [0.2, 0.25) is 0 Å². The molecule has 1 aromatic heterocycles. The molecule has 0 saturated carbocycles. The molecule has 0 saturated heterocycles. The van der Waals surface area contributed by atoms with Crippen LogP contribution in [0.15, 0.2) is 12.1 Å². The van der Waals surface area contributed by atoms with E-state index in [0.717, 1.165) is 18.7 Å². The molecule has 0 aliphatic rings. The molecule has 0 spiro atoms. The molecule has 0 unspecified atom stereocenters. The molecule has 4 nitrogen and oxygen atoms in total.